The maximum Gasteiger partial charge on any atom is 0.357 e. The average molecular weight is 614 g/mol. The summed E-state index contributed by atoms with van der Waals surface area (Å²) in [7, 11) is 2.45. The van der Waals surface area contributed by atoms with Gasteiger partial charge in [0, 0.05) is 16.1 Å². The number of halogens is 1. The Labute approximate surface area is 241 Å². The predicted molar refractivity (Wildman–Crippen MR) is 151 cm³/mol. The third-order valence-electron chi connectivity index (χ3n) is 6.57. The summed E-state index contributed by atoms with van der Waals surface area (Å²) in [5, 5.41) is 7.68. The van der Waals surface area contributed by atoms with Gasteiger partial charge in [-0.05, 0) is 60.0 Å². The van der Waals surface area contributed by atoms with E-state index < -0.39 is 11.9 Å². The molecular formula is C29H32BrN3O7. The number of aromatic nitrogens is 2. The van der Waals surface area contributed by atoms with Crippen LogP contribution in [0.15, 0.2) is 46.9 Å². The Bertz CT molecular complexity index is 1370. The Morgan fingerprint density at radius 2 is 1.65 bits per heavy atom. The first kappa shape index (κ1) is 29.1. The predicted octanol–water partition coefficient (Wildman–Crippen LogP) is 5.10. The molecule has 0 bridgehead atoms. The molecule has 1 aromatic heterocycles. The third-order valence-corrected chi connectivity index (χ3v) is 7.23. The lowest BCUT2D eigenvalue weighted by Crippen LogP contribution is -2.39. The summed E-state index contributed by atoms with van der Waals surface area (Å²) in [6, 6.07) is 12.4. The highest BCUT2D eigenvalue weighted by Gasteiger charge is 2.32. The number of benzene rings is 2. The fourth-order valence-corrected chi connectivity index (χ4v) is 5.21. The molecule has 1 saturated carbocycles. The van der Waals surface area contributed by atoms with Crippen LogP contribution >= 0.6 is 15.9 Å². The van der Waals surface area contributed by atoms with Crippen LogP contribution < -0.4 is 14.8 Å². The first-order valence-electron chi connectivity index (χ1n) is 13.1. The Morgan fingerprint density at radius 3 is 2.30 bits per heavy atom. The minimum Gasteiger partial charge on any atom is -0.490 e. The number of nitrogens with zero attached hydrogens (tertiary/aromatic N) is 2. The number of hydrogen-bond donors (Lipinski definition) is 1. The summed E-state index contributed by atoms with van der Waals surface area (Å²) in [6.45, 7) is 1.97. The van der Waals surface area contributed by atoms with Crippen molar-refractivity contribution in [1.82, 2.24) is 15.1 Å². The Morgan fingerprint density at radius 1 is 0.975 bits per heavy atom. The molecule has 1 fully saturated rings. The van der Waals surface area contributed by atoms with Gasteiger partial charge in [-0.2, -0.15) is 5.10 Å². The highest BCUT2D eigenvalue weighted by Crippen LogP contribution is 2.41. The number of amides is 1. The van der Waals surface area contributed by atoms with Gasteiger partial charge in [0.05, 0.1) is 26.5 Å². The van der Waals surface area contributed by atoms with Crippen LogP contribution in [-0.4, -0.2) is 61.1 Å². The molecule has 2 aromatic carbocycles. The van der Waals surface area contributed by atoms with E-state index in [4.69, 9.17) is 18.9 Å². The first-order valence-corrected chi connectivity index (χ1v) is 13.9. The van der Waals surface area contributed by atoms with Crippen molar-refractivity contribution in [2.75, 3.05) is 27.4 Å². The minimum atomic E-state index is -0.762. The molecule has 3 aromatic rings. The van der Waals surface area contributed by atoms with Gasteiger partial charge in [-0.25, -0.2) is 14.3 Å². The van der Waals surface area contributed by atoms with E-state index in [-0.39, 0.29) is 35.5 Å². The van der Waals surface area contributed by atoms with Crippen molar-refractivity contribution in [1.29, 1.82) is 0 Å². The summed E-state index contributed by atoms with van der Waals surface area (Å²) in [5.41, 5.74) is 1.01. The van der Waals surface area contributed by atoms with E-state index in [0.717, 1.165) is 25.7 Å². The number of para-hydroxylation sites is 1. The van der Waals surface area contributed by atoms with E-state index in [9.17, 15) is 14.4 Å². The lowest BCUT2D eigenvalue weighted by molar-refractivity contribution is -0.124. The molecule has 0 unspecified atom stereocenters. The summed E-state index contributed by atoms with van der Waals surface area (Å²) < 4.78 is 23.6. The van der Waals surface area contributed by atoms with E-state index >= 15 is 0 Å². The zero-order valence-electron chi connectivity index (χ0n) is 22.7. The van der Waals surface area contributed by atoms with E-state index in [1.807, 2.05) is 13.0 Å². The first-order chi connectivity index (χ1) is 19.4. The standard InChI is InChI=1S/C29H32BrN3O7/c1-4-39-22-15-20(21(30)16-23(22)40-17-24(34)31-18-11-7-5-8-12-18)26-25(28(35)37-2)27(29(36)38-3)33(32-26)19-13-9-6-10-14-19/h6,9-10,13-16,18H,4-5,7-8,11-12,17H2,1-3H3,(H,31,34). The fourth-order valence-electron chi connectivity index (χ4n) is 4.70. The number of ether oxygens (including phenoxy) is 4. The van der Waals surface area contributed by atoms with Crippen molar-refractivity contribution in [3.63, 3.8) is 0 Å². The summed E-state index contributed by atoms with van der Waals surface area (Å²) in [6.07, 6.45) is 5.37. The van der Waals surface area contributed by atoms with Gasteiger partial charge < -0.3 is 24.3 Å². The molecule has 1 aliphatic rings. The molecule has 212 valence electrons. The number of hydrogen-bond acceptors (Lipinski definition) is 8. The number of rotatable bonds is 10. The van der Waals surface area contributed by atoms with Gasteiger partial charge in [-0.15, -0.1) is 0 Å². The molecule has 4 rings (SSSR count). The van der Waals surface area contributed by atoms with E-state index in [1.54, 1.807) is 36.4 Å². The van der Waals surface area contributed by atoms with E-state index in [0.29, 0.717) is 33.8 Å². The highest BCUT2D eigenvalue weighted by molar-refractivity contribution is 9.10. The van der Waals surface area contributed by atoms with Gasteiger partial charge in [0.15, 0.2) is 23.8 Å². The van der Waals surface area contributed by atoms with E-state index in [1.165, 1.54) is 25.3 Å². The van der Waals surface area contributed by atoms with Gasteiger partial charge in [0.2, 0.25) is 0 Å². The molecule has 1 aliphatic carbocycles. The van der Waals surface area contributed by atoms with Crippen molar-refractivity contribution < 1.29 is 33.3 Å². The normalized spacial score (nSPS) is 13.4. The smallest absolute Gasteiger partial charge is 0.357 e. The van der Waals surface area contributed by atoms with Gasteiger partial charge in [0.25, 0.3) is 5.91 Å². The molecule has 0 spiro atoms. The second-order valence-corrected chi connectivity index (χ2v) is 10.1. The summed E-state index contributed by atoms with van der Waals surface area (Å²) in [5.74, 6) is -1.04. The zero-order valence-corrected chi connectivity index (χ0v) is 24.3. The number of carbonyl (C=O) groups is 3. The highest BCUT2D eigenvalue weighted by atomic mass is 79.9. The fraction of sp³-hybridized carbons (Fsp3) is 0.379. The Balaban J connectivity index is 1.74. The lowest BCUT2D eigenvalue weighted by atomic mass is 9.95. The molecule has 1 N–H and O–H groups in total. The Kier molecular flexibility index (Phi) is 9.81. The molecule has 11 heteroatoms. The SMILES string of the molecule is CCOc1cc(-c2nn(-c3ccccc3)c(C(=O)OC)c2C(=O)OC)c(Br)cc1OCC(=O)NC1CCCCC1. The minimum absolute atomic E-state index is 0.0677. The van der Waals surface area contributed by atoms with Crippen LogP contribution in [-0.2, 0) is 14.3 Å². The molecule has 1 amide bonds. The summed E-state index contributed by atoms with van der Waals surface area (Å²) >= 11 is 3.55. The molecule has 0 atom stereocenters. The second kappa shape index (κ2) is 13.5. The molecular weight excluding hydrogens is 582 g/mol. The van der Waals surface area contributed by atoms with Crippen molar-refractivity contribution in [2.24, 2.45) is 0 Å². The van der Waals surface area contributed by atoms with Crippen molar-refractivity contribution in [3.05, 3.63) is 58.2 Å². The molecule has 0 radical (unpaired) electrons. The quantitative estimate of drug-likeness (QED) is 0.314. The monoisotopic (exact) mass is 613 g/mol. The number of esters is 2. The average Bonchev–Trinajstić information content (AvgIpc) is 3.37. The van der Waals surface area contributed by atoms with Crippen molar-refractivity contribution >= 4 is 33.8 Å². The van der Waals surface area contributed by atoms with Crippen LogP contribution in [0.5, 0.6) is 11.5 Å². The van der Waals surface area contributed by atoms with Gasteiger partial charge in [0.1, 0.15) is 11.3 Å². The van der Waals surface area contributed by atoms with Crippen molar-refractivity contribution in [2.45, 2.75) is 45.1 Å². The molecule has 1 heterocycles. The van der Waals surface area contributed by atoms with Crippen LogP contribution in [0.1, 0.15) is 59.9 Å². The summed E-state index contributed by atoms with van der Waals surface area (Å²) in [4.78, 5) is 38.5. The molecule has 10 nitrogen and oxygen atoms in total. The van der Waals surface area contributed by atoms with Crippen LogP contribution in [0, 0.1) is 0 Å². The molecule has 40 heavy (non-hydrogen) atoms. The number of methoxy groups -OCH3 is 2. The lowest BCUT2D eigenvalue weighted by Gasteiger charge is -2.23. The van der Waals surface area contributed by atoms with Crippen LogP contribution in [0.25, 0.3) is 16.9 Å². The molecule has 0 aliphatic heterocycles. The number of carbonyl (C=O) groups excluding carboxylic acids is 3. The van der Waals surface area contributed by atoms with Gasteiger partial charge in [-0.1, -0.05) is 37.5 Å². The topological polar surface area (TPSA) is 118 Å². The van der Waals surface area contributed by atoms with E-state index in [2.05, 4.69) is 26.3 Å². The van der Waals surface area contributed by atoms with Gasteiger partial charge >= 0.3 is 11.9 Å². The van der Waals surface area contributed by atoms with Crippen LogP contribution in [0.4, 0.5) is 0 Å². The van der Waals surface area contributed by atoms with Crippen LogP contribution in [0.2, 0.25) is 0 Å². The maximum atomic E-state index is 13.0. The van der Waals surface area contributed by atoms with Gasteiger partial charge in [-0.3, -0.25) is 4.79 Å². The number of nitrogens with one attached hydrogen (secondary N) is 1. The maximum absolute atomic E-state index is 13.0. The second-order valence-electron chi connectivity index (χ2n) is 9.21. The zero-order chi connectivity index (χ0) is 28.6. The largest absolute Gasteiger partial charge is 0.490 e. The van der Waals surface area contributed by atoms with Crippen LogP contribution in [0.3, 0.4) is 0 Å². The third kappa shape index (κ3) is 6.47. The van der Waals surface area contributed by atoms with Crippen molar-refractivity contribution in [3.8, 4) is 28.4 Å². The Hall–Kier alpha value is -3.86. The molecule has 0 saturated heterocycles.